The highest BCUT2D eigenvalue weighted by atomic mass is 35.5. The van der Waals surface area contributed by atoms with Crippen LogP contribution in [0.15, 0.2) is 169 Å². The lowest BCUT2D eigenvalue weighted by Gasteiger charge is -2.19. The molecule has 0 bridgehead atoms. The normalized spacial score (nSPS) is 10.4. The van der Waals surface area contributed by atoms with Crippen molar-refractivity contribution >= 4 is 53.0 Å². The fourth-order valence-corrected chi connectivity index (χ4v) is 7.24. The number of amides is 1. The molecule has 14 nitrogen and oxygen atoms in total. The second-order valence-corrected chi connectivity index (χ2v) is 17.1. The summed E-state index contributed by atoms with van der Waals surface area (Å²) in [7, 11) is 0. The first kappa shape index (κ1) is 56.2. The molecule has 0 aliphatic rings. The van der Waals surface area contributed by atoms with E-state index < -0.39 is 11.7 Å². The molecule has 0 atom stereocenters. The zero-order valence-corrected chi connectivity index (χ0v) is 42.6. The highest BCUT2D eigenvalue weighted by Crippen LogP contribution is 2.36. The second-order valence-electron chi connectivity index (χ2n) is 15.1. The molecule has 0 saturated carbocycles. The lowest BCUT2D eigenvalue weighted by molar-refractivity contribution is 0.0524. The Morgan fingerprint density at radius 1 is 0.614 bits per heavy atom. The first-order chi connectivity index (χ1) is 33.5. The van der Waals surface area contributed by atoms with Crippen molar-refractivity contribution in [2.75, 3.05) is 18.6 Å². The van der Waals surface area contributed by atoms with Crippen LogP contribution in [0.3, 0.4) is 0 Å². The number of nitrogens with one attached hydrogen (secondary N) is 1. The van der Waals surface area contributed by atoms with Crippen LogP contribution in [0.25, 0.3) is 67.1 Å². The van der Waals surface area contributed by atoms with E-state index in [2.05, 4.69) is 20.3 Å². The van der Waals surface area contributed by atoms with Gasteiger partial charge in [-0.3, -0.25) is 15.0 Å². The van der Waals surface area contributed by atoms with Gasteiger partial charge >= 0.3 is 6.09 Å². The second kappa shape index (κ2) is 29.6. The number of nitrogens with two attached hydrogens (primary N) is 2. The third-order valence-electron chi connectivity index (χ3n) is 9.22. The molecule has 0 radical (unpaired) electrons. The maximum absolute atomic E-state index is 11.8. The summed E-state index contributed by atoms with van der Waals surface area (Å²) in [5.41, 5.74) is 16.3. The molecule has 9 heterocycles. The number of thiophene rings is 1. The summed E-state index contributed by atoms with van der Waals surface area (Å²) in [6.07, 6.45) is 15.1. The minimum absolute atomic E-state index is 0. The Morgan fingerprint density at radius 2 is 1.04 bits per heavy atom. The maximum Gasteiger partial charge on any atom is 0.407 e. The van der Waals surface area contributed by atoms with E-state index in [4.69, 9.17) is 66.2 Å². The van der Waals surface area contributed by atoms with Crippen molar-refractivity contribution in [3.63, 3.8) is 0 Å². The number of aromatic nitrogens is 3. The van der Waals surface area contributed by atoms with E-state index in [0.29, 0.717) is 19.6 Å². The number of alkyl halides is 2. The highest BCUT2D eigenvalue weighted by molar-refractivity contribution is 7.15. The van der Waals surface area contributed by atoms with Gasteiger partial charge in [-0.05, 0) is 126 Å². The molecule has 0 fully saturated rings. The van der Waals surface area contributed by atoms with Gasteiger partial charge < -0.3 is 48.3 Å². The zero-order chi connectivity index (χ0) is 49.4. The van der Waals surface area contributed by atoms with Gasteiger partial charge in [0.05, 0.1) is 43.8 Å². The van der Waals surface area contributed by atoms with Gasteiger partial charge in [-0.1, -0.05) is 0 Å². The molecule has 9 aromatic heterocycles. The van der Waals surface area contributed by atoms with Crippen molar-refractivity contribution in [1.82, 2.24) is 20.3 Å². The lowest BCUT2D eigenvalue weighted by atomic mass is 10.1. The molecule has 9 rings (SSSR count). The van der Waals surface area contributed by atoms with E-state index in [1.54, 1.807) is 61.1 Å². The van der Waals surface area contributed by atoms with Gasteiger partial charge in [-0.25, -0.2) is 4.79 Å². The number of nitrogens with zero attached hydrogens (tertiary/aromatic N) is 3. The maximum atomic E-state index is 11.8. The minimum atomic E-state index is -0.502. The average Bonchev–Trinajstić information content (AvgIpc) is 4.22. The summed E-state index contributed by atoms with van der Waals surface area (Å²) >= 11 is 11.1. The third-order valence-corrected chi connectivity index (χ3v) is 10.3. The van der Waals surface area contributed by atoms with Crippen molar-refractivity contribution < 1.29 is 36.4 Å². The Hall–Kier alpha value is -6.43. The Balaban J connectivity index is 0.000000213. The Bertz CT molecular complexity index is 2700. The number of halogens is 3. The van der Waals surface area contributed by atoms with Crippen LogP contribution in [0, 0.1) is 0 Å². The number of carbonyl (C=O) groups is 1. The van der Waals surface area contributed by atoms with Crippen molar-refractivity contribution in [3.8, 4) is 67.1 Å². The number of pyridine rings is 3. The van der Waals surface area contributed by atoms with Crippen LogP contribution < -0.4 is 16.8 Å². The molecule has 9 aromatic rings. The predicted octanol–water partition coefficient (Wildman–Crippen LogP) is 14.1. The fraction of sp³-hybridized carbons (Fsp3) is 0.231. The molecule has 370 valence electrons. The number of carbonyl (C=O) groups excluding carboxylic acids is 1. The first-order valence-electron chi connectivity index (χ1n) is 21.8. The summed E-state index contributed by atoms with van der Waals surface area (Å²) in [5.74, 6) is 5.37. The molecule has 0 saturated heterocycles. The van der Waals surface area contributed by atoms with Crippen LogP contribution in [0.4, 0.5) is 4.79 Å². The Labute approximate surface area is 427 Å². The molecular weight excluding hydrogens is 975 g/mol. The number of hydrogen-bond donors (Lipinski definition) is 3. The van der Waals surface area contributed by atoms with Gasteiger partial charge in [0, 0.05) is 93.5 Å². The Kier molecular flexibility index (Phi) is 23.7. The van der Waals surface area contributed by atoms with Crippen LogP contribution in [-0.4, -0.2) is 45.2 Å². The van der Waals surface area contributed by atoms with Gasteiger partial charge in [0.15, 0.2) is 0 Å². The van der Waals surface area contributed by atoms with E-state index in [9.17, 15) is 4.79 Å². The molecule has 0 aliphatic heterocycles. The number of hydrogen-bond acceptors (Lipinski definition) is 14. The summed E-state index contributed by atoms with van der Waals surface area (Å²) in [5, 5.41) is 2.97. The Morgan fingerprint density at radius 3 is 1.40 bits per heavy atom. The lowest BCUT2D eigenvalue weighted by Crippen LogP contribution is -2.31. The van der Waals surface area contributed by atoms with Gasteiger partial charge in [0.1, 0.15) is 45.9 Å². The molecule has 0 aliphatic carbocycles. The molecule has 0 unspecified atom stereocenters. The van der Waals surface area contributed by atoms with Crippen LogP contribution in [0.2, 0.25) is 0 Å². The number of alkyl carbamates (subject to hydrolysis) is 1. The summed E-state index contributed by atoms with van der Waals surface area (Å²) < 4.78 is 37.7. The molecule has 70 heavy (non-hydrogen) atoms. The fourth-order valence-electron chi connectivity index (χ4n) is 6.27. The molecule has 5 N–H and O–H groups in total. The van der Waals surface area contributed by atoms with Gasteiger partial charge in [-0.15, -0.1) is 46.9 Å². The van der Waals surface area contributed by atoms with Gasteiger partial charge in [-0.2, -0.15) is 0 Å². The van der Waals surface area contributed by atoms with Crippen molar-refractivity contribution in [2.45, 2.75) is 59.9 Å². The van der Waals surface area contributed by atoms with Crippen molar-refractivity contribution in [2.24, 2.45) is 11.5 Å². The van der Waals surface area contributed by atoms with Crippen molar-refractivity contribution in [1.29, 1.82) is 0 Å². The largest absolute Gasteiger partial charge is 0.464 e. The monoisotopic (exact) mass is 1030 g/mol. The number of ether oxygens (including phenoxy) is 2. The topological polar surface area (TPSA) is 204 Å². The quantitative estimate of drug-likeness (QED) is 0.0976. The van der Waals surface area contributed by atoms with Crippen LogP contribution in [0.1, 0.15) is 51.0 Å². The SMILES string of the molecule is CC(C)(C)OC(=O)NCc1ccc(-c2cnccc2-c2ccco2)s1.CCOCC.Cl.ClCCl.NCc1ccc(-c2cnccc2-c2ccco2)o1.NCc1ccc(-c2cnccc2-c2ccco2)o1. The first-order valence-corrected chi connectivity index (χ1v) is 23.7. The van der Waals surface area contributed by atoms with Gasteiger partial charge in [0.2, 0.25) is 0 Å². The van der Waals surface area contributed by atoms with E-state index >= 15 is 0 Å². The van der Waals surface area contributed by atoms with E-state index in [1.165, 1.54) is 0 Å². The molecule has 1 amide bonds. The average molecular weight is 1030 g/mol. The van der Waals surface area contributed by atoms with Crippen LogP contribution >= 0.6 is 46.9 Å². The summed E-state index contributed by atoms with van der Waals surface area (Å²) in [6.45, 7) is 12.4. The van der Waals surface area contributed by atoms with E-state index in [1.807, 2.05) is 132 Å². The number of furan rings is 5. The third kappa shape index (κ3) is 17.2. The van der Waals surface area contributed by atoms with E-state index in [0.717, 1.165) is 96.7 Å². The molecule has 18 heteroatoms. The van der Waals surface area contributed by atoms with Crippen molar-refractivity contribution in [3.05, 3.63) is 163 Å². The molecule has 0 spiro atoms. The van der Waals surface area contributed by atoms with Crippen LogP contribution in [-0.2, 0) is 29.1 Å². The molecular formula is C52H57Cl3N6O8S. The zero-order valence-electron chi connectivity index (χ0n) is 39.4. The van der Waals surface area contributed by atoms with Gasteiger partial charge in [0.25, 0.3) is 0 Å². The van der Waals surface area contributed by atoms with E-state index in [-0.39, 0.29) is 17.7 Å². The number of rotatable bonds is 12. The predicted molar refractivity (Wildman–Crippen MR) is 279 cm³/mol. The highest BCUT2D eigenvalue weighted by Gasteiger charge is 2.18. The minimum Gasteiger partial charge on any atom is -0.464 e. The standard InChI is InChI=1S/C19H20N2O3S.2C14H12N2O2.C4H10O.CH2Cl2.ClH/c1-19(2,3)24-18(22)21-11-13-6-7-17(25-13)15-12-20-9-8-14(15)16-5-4-10-23-16;2*15-8-10-3-4-14(18-10)12-9-16-6-5-11(12)13-2-1-7-17-13;1-3-5-4-2;2-1-3;/h4-10,12H,11H2,1-3H3,(H,21,22);2*1-7,9H,8,15H2;3-4H2,1-2H3;1H2;1H. The summed E-state index contributed by atoms with van der Waals surface area (Å²) in [6, 6.07) is 28.6. The summed E-state index contributed by atoms with van der Waals surface area (Å²) in [4.78, 5) is 26.4. The van der Waals surface area contributed by atoms with Crippen LogP contribution in [0.5, 0.6) is 0 Å². The smallest absolute Gasteiger partial charge is 0.407 e. The molecule has 0 aromatic carbocycles.